The summed E-state index contributed by atoms with van der Waals surface area (Å²) >= 11 is 0. The smallest absolute Gasteiger partial charge is 0.414 e. The van der Waals surface area contributed by atoms with E-state index in [1.807, 2.05) is 0 Å². The molecule has 1 aromatic rings. The molecule has 1 aliphatic rings. The highest BCUT2D eigenvalue weighted by Crippen LogP contribution is 2.17. The maximum atomic E-state index is 13.2. The van der Waals surface area contributed by atoms with Crippen molar-refractivity contribution < 1.29 is 28.9 Å². The van der Waals surface area contributed by atoms with Gasteiger partial charge in [-0.2, -0.15) is 0 Å². The summed E-state index contributed by atoms with van der Waals surface area (Å²) < 4.78 is 18.5. The van der Waals surface area contributed by atoms with Gasteiger partial charge in [0.05, 0.1) is 0 Å². The minimum absolute atomic E-state index is 0.289. The fraction of sp³-hybridized carbons (Fsp3) is 0.467. The molecule has 0 amide bonds. The van der Waals surface area contributed by atoms with Gasteiger partial charge in [-0.3, -0.25) is 0 Å². The topological polar surface area (TPSA) is 95.9 Å². The molecule has 0 unspecified atom stereocenters. The van der Waals surface area contributed by atoms with Crippen molar-refractivity contribution in [3.05, 3.63) is 30.1 Å². The van der Waals surface area contributed by atoms with Crippen molar-refractivity contribution in [1.29, 1.82) is 0 Å². The van der Waals surface area contributed by atoms with E-state index in [1.165, 1.54) is 31.7 Å². The quantitative estimate of drug-likeness (QED) is 0.567. The molecule has 6 nitrogen and oxygen atoms in total. The molecule has 3 N–H and O–H groups in total. The highest BCUT2D eigenvalue weighted by molar-refractivity contribution is 6.27. The highest BCUT2D eigenvalue weighted by Gasteiger charge is 2.13. The van der Waals surface area contributed by atoms with Crippen molar-refractivity contribution in [2.45, 2.75) is 31.7 Å². The first-order valence-electron chi connectivity index (χ1n) is 7.07. The molecule has 1 aromatic carbocycles. The second-order valence-electron chi connectivity index (χ2n) is 4.82. The number of halogens is 1. The third-order valence-corrected chi connectivity index (χ3v) is 3.17. The van der Waals surface area contributed by atoms with Crippen molar-refractivity contribution >= 4 is 11.9 Å². The number of nitrogens with one attached hydrogen (secondary N) is 1. The molecule has 0 saturated heterocycles. The maximum Gasteiger partial charge on any atom is 0.414 e. The molecule has 2 rings (SSSR count). The fourth-order valence-electron chi connectivity index (χ4n) is 2.12. The van der Waals surface area contributed by atoms with Crippen LogP contribution in [0.4, 0.5) is 4.39 Å². The van der Waals surface area contributed by atoms with Crippen LogP contribution in [0.5, 0.6) is 5.75 Å². The summed E-state index contributed by atoms with van der Waals surface area (Å²) in [6.07, 6.45) is 5.18. The zero-order valence-corrected chi connectivity index (χ0v) is 12.1. The molecule has 1 fully saturated rings. The lowest BCUT2D eigenvalue weighted by molar-refractivity contribution is -0.159. The Kier molecular flexibility index (Phi) is 7.91. The Hall–Kier alpha value is -2.15. The van der Waals surface area contributed by atoms with Crippen LogP contribution in [0.15, 0.2) is 24.3 Å². The van der Waals surface area contributed by atoms with Crippen molar-refractivity contribution in [1.82, 2.24) is 5.32 Å². The van der Waals surface area contributed by atoms with Crippen LogP contribution in [0.3, 0.4) is 0 Å². The Balaban J connectivity index is 0.000000346. The lowest BCUT2D eigenvalue weighted by Crippen LogP contribution is -2.30. The van der Waals surface area contributed by atoms with Gasteiger partial charge in [0.2, 0.25) is 0 Å². The van der Waals surface area contributed by atoms with Gasteiger partial charge in [-0.1, -0.05) is 25.0 Å². The Morgan fingerprint density at radius 3 is 2.32 bits per heavy atom. The number of carboxylic acid groups (broad SMARTS) is 2. The van der Waals surface area contributed by atoms with Crippen molar-refractivity contribution in [3.63, 3.8) is 0 Å². The lowest BCUT2D eigenvalue weighted by Gasteiger charge is -2.12. The van der Waals surface area contributed by atoms with Crippen LogP contribution in [0.1, 0.15) is 25.7 Å². The fourth-order valence-corrected chi connectivity index (χ4v) is 2.12. The van der Waals surface area contributed by atoms with Gasteiger partial charge in [-0.25, -0.2) is 14.0 Å². The van der Waals surface area contributed by atoms with Gasteiger partial charge in [-0.05, 0) is 25.0 Å². The van der Waals surface area contributed by atoms with Crippen molar-refractivity contribution in [3.8, 4) is 5.75 Å². The van der Waals surface area contributed by atoms with E-state index in [9.17, 15) is 4.39 Å². The van der Waals surface area contributed by atoms with Crippen LogP contribution in [-0.4, -0.2) is 41.3 Å². The third kappa shape index (κ3) is 7.03. The summed E-state index contributed by atoms with van der Waals surface area (Å²) in [4.78, 5) is 18.2. The molecule has 122 valence electrons. The zero-order valence-electron chi connectivity index (χ0n) is 12.1. The molecule has 0 aliphatic heterocycles. The number of benzene rings is 1. The predicted octanol–water partition coefficient (Wildman–Crippen LogP) is 1.89. The van der Waals surface area contributed by atoms with Crippen molar-refractivity contribution in [2.24, 2.45) is 0 Å². The summed E-state index contributed by atoms with van der Waals surface area (Å²) in [5, 5.41) is 18.2. The largest absolute Gasteiger partial charge is 0.489 e. The molecule has 1 saturated carbocycles. The van der Waals surface area contributed by atoms with Gasteiger partial charge in [0.15, 0.2) is 11.6 Å². The van der Waals surface area contributed by atoms with Gasteiger partial charge in [0.25, 0.3) is 0 Å². The zero-order chi connectivity index (χ0) is 16.4. The summed E-state index contributed by atoms with van der Waals surface area (Å²) in [7, 11) is 0. The van der Waals surface area contributed by atoms with Gasteiger partial charge in [0.1, 0.15) is 6.61 Å². The summed E-state index contributed by atoms with van der Waals surface area (Å²) in [5.74, 6) is -3.59. The SMILES string of the molecule is Fc1ccccc1OCCNC1CCCC1.O=C(O)C(=O)O. The van der Waals surface area contributed by atoms with Crippen LogP contribution < -0.4 is 10.1 Å². The van der Waals surface area contributed by atoms with Crippen LogP contribution in [-0.2, 0) is 9.59 Å². The van der Waals surface area contributed by atoms with E-state index in [0.717, 1.165) is 6.54 Å². The number of aliphatic carboxylic acids is 2. The van der Waals surface area contributed by atoms with Gasteiger partial charge < -0.3 is 20.3 Å². The first-order valence-corrected chi connectivity index (χ1v) is 7.07. The molecule has 0 heterocycles. The maximum absolute atomic E-state index is 13.2. The first-order chi connectivity index (χ1) is 10.5. The molecule has 22 heavy (non-hydrogen) atoms. The minimum Gasteiger partial charge on any atom is -0.489 e. The lowest BCUT2D eigenvalue weighted by atomic mass is 10.2. The minimum atomic E-state index is -1.82. The highest BCUT2D eigenvalue weighted by atomic mass is 19.1. The van der Waals surface area contributed by atoms with Crippen LogP contribution in [0, 0.1) is 5.82 Å². The van der Waals surface area contributed by atoms with Crippen LogP contribution >= 0.6 is 0 Å². The van der Waals surface area contributed by atoms with E-state index in [-0.39, 0.29) is 5.82 Å². The number of carboxylic acids is 2. The van der Waals surface area contributed by atoms with E-state index < -0.39 is 11.9 Å². The third-order valence-electron chi connectivity index (χ3n) is 3.17. The monoisotopic (exact) mass is 313 g/mol. The van der Waals surface area contributed by atoms with E-state index in [2.05, 4.69) is 5.32 Å². The molecule has 0 aromatic heterocycles. The number of ether oxygens (including phenoxy) is 1. The van der Waals surface area contributed by atoms with E-state index >= 15 is 0 Å². The molecule has 0 spiro atoms. The average molecular weight is 313 g/mol. The molecule has 0 radical (unpaired) electrons. The summed E-state index contributed by atoms with van der Waals surface area (Å²) in [6.45, 7) is 1.32. The Bertz CT molecular complexity index is 477. The molecular formula is C15H20FNO5. The van der Waals surface area contributed by atoms with E-state index in [4.69, 9.17) is 24.5 Å². The average Bonchev–Trinajstić information content (AvgIpc) is 2.99. The number of para-hydroxylation sites is 1. The predicted molar refractivity (Wildman–Crippen MR) is 77.4 cm³/mol. The Morgan fingerprint density at radius 2 is 1.77 bits per heavy atom. The summed E-state index contributed by atoms with van der Waals surface area (Å²) in [6, 6.07) is 7.16. The van der Waals surface area contributed by atoms with Crippen molar-refractivity contribution in [2.75, 3.05) is 13.2 Å². The number of rotatable bonds is 5. The van der Waals surface area contributed by atoms with Gasteiger partial charge in [0, 0.05) is 12.6 Å². The molecular weight excluding hydrogens is 293 g/mol. The second-order valence-corrected chi connectivity index (χ2v) is 4.82. The van der Waals surface area contributed by atoms with E-state index in [0.29, 0.717) is 18.4 Å². The molecule has 0 atom stereocenters. The number of hydrogen-bond donors (Lipinski definition) is 3. The second kappa shape index (κ2) is 9.73. The molecule has 1 aliphatic carbocycles. The van der Waals surface area contributed by atoms with Gasteiger partial charge >= 0.3 is 11.9 Å². The van der Waals surface area contributed by atoms with E-state index in [1.54, 1.807) is 18.2 Å². The van der Waals surface area contributed by atoms with Crippen LogP contribution in [0.2, 0.25) is 0 Å². The molecule has 7 heteroatoms. The summed E-state index contributed by atoms with van der Waals surface area (Å²) in [5.41, 5.74) is 0. The molecule has 0 bridgehead atoms. The first kappa shape index (κ1) is 17.9. The standard InChI is InChI=1S/C13H18FNO.C2H2O4/c14-12-7-3-4-8-13(12)16-10-9-15-11-5-1-2-6-11;3-1(4)2(5)6/h3-4,7-8,11,15H,1-2,5-6,9-10H2;(H,3,4)(H,5,6). The Morgan fingerprint density at radius 1 is 1.18 bits per heavy atom. The van der Waals surface area contributed by atoms with Crippen LogP contribution in [0.25, 0.3) is 0 Å². The number of hydrogen-bond acceptors (Lipinski definition) is 4. The number of carbonyl (C=O) groups is 2. The normalized spacial score (nSPS) is 14.0. The van der Waals surface area contributed by atoms with Gasteiger partial charge in [-0.15, -0.1) is 0 Å². The Labute approximate surface area is 127 Å².